The van der Waals surface area contributed by atoms with Crippen molar-refractivity contribution in [3.8, 4) is 5.75 Å². The van der Waals surface area contributed by atoms with E-state index in [9.17, 15) is 8.42 Å². The van der Waals surface area contributed by atoms with E-state index in [2.05, 4.69) is 20.7 Å². The molecular weight excluding hydrogens is 318 g/mol. The Kier molecular flexibility index (Phi) is 6.11. The van der Waals surface area contributed by atoms with Gasteiger partial charge in [0.1, 0.15) is 5.75 Å². The van der Waals surface area contributed by atoms with Gasteiger partial charge in [0.2, 0.25) is 10.0 Å². The average molecular weight is 336 g/mol. The number of halogens is 1. The van der Waals surface area contributed by atoms with E-state index in [4.69, 9.17) is 4.74 Å². The zero-order valence-electron chi connectivity index (χ0n) is 10.6. The third kappa shape index (κ3) is 4.96. The van der Waals surface area contributed by atoms with Crippen molar-refractivity contribution in [3.05, 3.63) is 28.2 Å². The molecule has 0 aliphatic heterocycles. The molecule has 0 saturated carbocycles. The first-order chi connectivity index (χ1) is 8.48. The molecule has 0 heterocycles. The highest BCUT2D eigenvalue weighted by molar-refractivity contribution is 9.10. The van der Waals surface area contributed by atoms with E-state index in [1.807, 2.05) is 25.1 Å². The molecule has 1 rings (SSSR count). The predicted molar refractivity (Wildman–Crippen MR) is 76.5 cm³/mol. The molecule has 1 aromatic carbocycles. The number of hydrogen-bond acceptors (Lipinski definition) is 3. The van der Waals surface area contributed by atoms with Crippen LogP contribution in [0.15, 0.2) is 22.7 Å². The normalized spacial score (nSPS) is 11.5. The van der Waals surface area contributed by atoms with Crippen LogP contribution < -0.4 is 9.46 Å². The molecule has 0 aliphatic carbocycles. The molecule has 0 aromatic heterocycles. The van der Waals surface area contributed by atoms with Crippen LogP contribution in [0.5, 0.6) is 5.75 Å². The molecule has 4 nitrogen and oxygen atoms in total. The van der Waals surface area contributed by atoms with Gasteiger partial charge in [-0.2, -0.15) is 0 Å². The van der Waals surface area contributed by atoms with Gasteiger partial charge in [0.05, 0.1) is 17.3 Å². The lowest BCUT2D eigenvalue weighted by Crippen LogP contribution is -2.28. The van der Waals surface area contributed by atoms with E-state index < -0.39 is 10.0 Å². The number of sulfonamides is 1. The number of nitrogens with one attached hydrogen (secondary N) is 1. The molecule has 1 aromatic rings. The molecule has 0 saturated heterocycles. The lowest BCUT2D eigenvalue weighted by Gasteiger charge is -2.08. The topological polar surface area (TPSA) is 55.4 Å². The Morgan fingerprint density at radius 3 is 2.67 bits per heavy atom. The van der Waals surface area contributed by atoms with Crippen molar-refractivity contribution < 1.29 is 13.2 Å². The van der Waals surface area contributed by atoms with Crippen LogP contribution in [0.3, 0.4) is 0 Å². The summed E-state index contributed by atoms with van der Waals surface area (Å²) in [5.41, 5.74) is 1.06. The quantitative estimate of drug-likeness (QED) is 0.831. The van der Waals surface area contributed by atoms with Gasteiger partial charge in [0.15, 0.2) is 0 Å². The monoisotopic (exact) mass is 335 g/mol. The van der Waals surface area contributed by atoms with Crippen LogP contribution in [0, 0.1) is 0 Å². The summed E-state index contributed by atoms with van der Waals surface area (Å²) >= 11 is 3.40. The van der Waals surface area contributed by atoms with E-state index >= 15 is 0 Å². The first kappa shape index (κ1) is 15.5. The lowest BCUT2D eigenvalue weighted by atomic mass is 10.1. The fourth-order valence-electron chi connectivity index (χ4n) is 1.56. The van der Waals surface area contributed by atoms with Crippen molar-refractivity contribution in [2.75, 3.05) is 19.4 Å². The fourth-order valence-corrected chi connectivity index (χ4v) is 3.24. The molecule has 0 bridgehead atoms. The van der Waals surface area contributed by atoms with Crippen LogP contribution in [0.25, 0.3) is 0 Å². The maximum atomic E-state index is 11.4. The molecule has 0 amide bonds. The first-order valence-electron chi connectivity index (χ1n) is 5.78. The smallest absolute Gasteiger partial charge is 0.211 e. The second-order valence-corrected chi connectivity index (χ2v) is 6.71. The average Bonchev–Trinajstić information content (AvgIpc) is 2.29. The van der Waals surface area contributed by atoms with Crippen LogP contribution in [0.4, 0.5) is 0 Å². The maximum Gasteiger partial charge on any atom is 0.211 e. The molecular formula is C12H18BrNO3S. The van der Waals surface area contributed by atoms with Crippen LogP contribution in [0.2, 0.25) is 0 Å². The SMILES string of the molecule is CCCS(=O)(=O)NCCc1ccc(OC)c(Br)c1. The van der Waals surface area contributed by atoms with Gasteiger partial charge >= 0.3 is 0 Å². The molecule has 6 heteroatoms. The van der Waals surface area contributed by atoms with Crippen molar-refractivity contribution in [1.82, 2.24) is 4.72 Å². The van der Waals surface area contributed by atoms with Gasteiger partial charge < -0.3 is 4.74 Å². The van der Waals surface area contributed by atoms with Crippen molar-refractivity contribution >= 4 is 26.0 Å². The van der Waals surface area contributed by atoms with Gasteiger partial charge in [-0.1, -0.05) is 13.0 Å². The number of benzene rings is 1. The van der Waals surface area contributed by atoms with E-state index in [1.54, 1.807) is 7.11 Å². The zero-order chi connectivity index (χ0) is 13.6. The van der Waals surface area contributed by atoms with Crippen LogP contribution >= 0.6 is 15.9 Å². The summed E-state index contributed by atoms with van der Waals surface area (Å²) in [5.74, 6) is 0.949. The molecule has 0 unspecified atom stereocenters. The Morgan fingerprint density at radius 2 is 2.11 bits per heavy atom. The Hall–Kier alpha value is -0.590. The standard InChI is InChI=1S/C12H18BrNO3S/c1-3-8-18(15,16)14-7-6-10-4-5-12(17-2)11(13)9-10/h4-5,9,14H,3,6-8H2,1-2H3. The summed E-state index contributed by atoms with van der Waals surface area (Å²) in [6.07, 6.45) is 1.29. The minimum atomic E-state index is -3.11. The van der Waals surface area contributed by atoms with Gasteiger partial charge in [-0.3, -0.25) is 0 Å². The number of methoxy groups -OCH3 is 1. The minimum absolute atomic E-state index is 0.180. The molecule has 102 valence electrons. The summed E-state index contributed by atoms with van der Waals surface area (Å²) < 4.78 is 31.5. The highest BCUT2D eigenvalue weighted by atomic mass is 79.9. The van der Waals surface area contributed by atoms with Crippen molar-refractivity contribution in [2.24, 2.45) is 0 Å². The van der Waals surface area contributed by atoms with E-state index in [0.717, 1.165) is 15.8 Å². The Bertz CT molecular complexity index is 488. The molecule has 0 aliphatic rings. The molecule has 0 fully saturated rings. The Labute approximate surface area is 117 Å². The van der Waals surface area contributed by atoms with Crippen LogP contribution in [0.1, 0.15) is 18.9 Å². The van der Waals surface area contributed by atoms with Crippen LogP contribution in [-0.2, 0) is 16.4 Å². The third-order valence-electron chi connectivity index (χ3n) is 2.42. The Morgan fingerprint density at radius 1 is 1.39 bits per heavy atom. The van der Waals surface area contributed by atoms with Crippen LogP contribution in [-0.4, -0.2) is 27.8 Å². The highest BCUT2D eigenvalue weighted by Crippen LogP contribution is 2.25. The Balaban J connectivity index is 2.52. The summed E-state index contributed by atoms with van der Waals surface area (Å²) in [5, 5.41) is 0. The third-order valence-corrected chi connectivity index (χ3v) is 4.63. The molecule has 0 atom stereocenters. The van der Waals surface area contributed by atoms with Crippen molar-refractivity contribution in [3.63, 3.8) is 0 Å². The van der Waals surface area contributed by atoms with Gasteiger partial charge in [-0.05, 0) is 46.5 Å². The van der Waals surface area contributed by atoms with E-state index in [0.29, 0.717) is 19.4 Å². The number of rotatable bonds is 7. The van der Waals surface area contributed by atoms with Gasteiger partial charge in [0, 0.05) is 6.54 Å². The fraction of sp³-hybridized carbons (Fsp3) is 0.500. The highest BCUT2D eigenvalue weighted by Gasteiger charge is 2.08. The van der Waals surface area contributed by atoms with E-state index in [1.165, 1.54) is 0 Å². The first-order valence-corrected chi connectivity index (χ1v) is 8.22. The predicted octanol–water partition coefficient (Wildman–Crippen LogP) is 2.33. The second kappa shape index (κ2) is 7.11. The maximum absolute atomic E-state index is 11.4. The molecule has 0 radical (unpaired) electrons. The van der Waals surface area contributed by atoms with Gasteiger partial charge in [-0.25, -0.2) is 13.1 Å². The lowest BCUT2D eigenvalue weighted by molar-refractivity contribution is 0.412. The van der Waals surface area contributed by atoms with E-state index in [-0.39, 0.29) is 5.75 Å². The van der Waals surface area contributed by atoms with Crippen molar-refractivity contribution in [1.29, 1.82) is 0 Å². The van der Waals surface area contributed by atoms with Crippen molar-refractivity contribution in [2.45, 2.75) is 19.8 Å². The zero-order valence-corrected chi connectivity index (χ0v) is 13.0. The number of ether oxygens (including phenoxy) is 1. The van der Waals surface area contributed by atoms with Gasteiger partial charge in [0.25, 0.3) is 0 Å². The second-order valence-electron chi connectivity index (χ2n) is 3.93. The van der Waals surface area contributed by atoms with Gasteiger partial charge in [-0.15, -0.1) is 0 Å². The summed E-state index contributed by atoms with van der Waals surface area (Å²) in [7, 11) is -1.50. The largest absolute Gasteiger partial charge is 0.496 e. The minimum Gasteiger partial charge on any atom is -0.496 e. The summed E-state index contributed by atoms with van der Waals surface area (Å²) in [6.45, 7) is 2.26. The number of hydrogen-bond donors (Lipinski definition) is 1. The molecule has 18 heavy (non-hydrogen) atoms. The summed E-state index contributed by atoms with van der Waals surface area (Å²) in [4.78, 5) is 0. The molecule has 0 spiro atoms. The molecule has 1 N–H and O–H groups in total. The summed E-state index contributed by atoms with van der Waals surface area (Å²) in [6, 6.07) is 5.73.